The van der Waals surface area contributed by atoms with Crippen LogP contribution in [0.2, 0.25) is 0 Å². The molecule has 0 saturated carbocycles. The molecule has 0 aliphatic heterocycles. The molecule has 0 aliphatic carbocycles. The van der Waals surface area contributed by atoms with Crippen molar-refractivity contribution in [3.8, 4) is 0 Å². The molecular formula is C13H16N2O4. The van der Waals surface area contributed by atoms with Crippen LogP contribution in [0.5, 0.6) is 0 Å². The first kappa shape index (κ1) is 14.7. The normalized spacial score (nSPS) is 9.74. The molecule has 1 aromatic rings. The van der Waals surface area contributed by atoms with Crippen LogP contribution < -0.4 is 10.6 Å². The minimum atomic E-state index is -1.01. The highest BCUT2D eigenvalue weighted by Crippen LogP contribution is 2.09. The molecule has 0 aromatic heterocycles. The maximum Gasteiger partial charge on any atom is 0.307 e. The lowest BCUT2D eigenvalue weighted by molar-refractivity contribution is -0.136. The Morgan fingerprint density at radius 1 is 1.16 bits per heavy atom. The summed E-state index contributed by atoms with van der Waals surface area (Å²) in [5.74, 6) is -1.75. The quantitative estimate of drug-likeness (QED) is 0.683. The van der Waals surface area contributed by atoms with Crippen molar-refractivity contribution < 1.29 is 19.5 Å². The van der Waals surface area contributed by atoms with Crippen molar-refractivity contribution in [2.45, 2.75) is 13.3 Å². The van der Waals surface area contributed by atoms with Gasteiger partial charge in [0.15, 0.2) is 0 Å². The highest BCUT2D eigenvalue weighted by molar-refractivity contribution is 5.98. The number of rotatable bonds is 6. The fourth-order valence-corrected chi connectivity index (χ4v) is 1.57. The fourth-order valence-electron chi connectivity index (χ4n) is 1.57. The first-order valence-electron chi connectivity index (χ1n) is 5.89. The van der Waals surface area contributed by atoms with E-state index in [0.29, 0.717) is 12.1 Å². The highest BCUT2D eigenvalue weighted by atomic mass is 16.4. The van der Waals surface area contributed by atoms with E-state index in [9.17, 15) is 14.4 Å². The number of carbonyl (C=O) groups excluding carboxylic acids is 2. The standard InChI is InChI=1S/C13H16N2O4/c1-2-14-11(16)8-15-13(19)10-6-4-3-5-9(10)7-12(17)18/h3-6H,2,7-8H2,1H3,(H,14,16)(H,15,19)(H,17,18). The van der Waals surface area contributed by atoms with E-state index in [1.807, 2.05) is 0 Å². The van der Waals surface area contributed by atoms with Crippen molar-refractivity contribution >= 4 is 17.8 Å². The van der Waals surface area contributed by atoms with Gasteiger partial charge in [0.25, 0.3) is 5.91 Å². The third kappa shape index (κ3) is 4.79. The van der Waals surface area contributed by atoms with Crippen molar-refractivity contribution in [2.75, 3.05) is 13.1 Å². The van der Waals surface area contributed by atoms with Gasteiger partial charge in [0.2, 0.25) is 5.91 Å². The van der Waals surface area contributed by atoms with Crippen LogP contribution in [0.25, 0.3) is 0 Å². The first-order valence-corrected chi connectivity index (χ1v) is 5.89. The van der Waals surface area contributed by atoms with E-state index in [1.165, 1.54) is 6.07 Å². The average Bonchev–Trinajstić information content (AvgIpc) is 2.36. The van der Waals surface area contributed by atoms with E-state index < -0.39 is 11.9 Å². The van der Waals surface area contributed by atoms with Gasteiger partial charge in [-0.05, 0) is 18.6 Å². The Hall–Kier alpha value is -2.37. The Labute approximate surface area is 110 Å². The summed E-state index contributed by atoms with van der Waals surface area (Å²) in [6.45, 7) is 2.14. The van der Waals surface area contributed by atoms with E-state index >= 15 is 0 Å². The van der Waals surface area contributed by atoms with Crippen molar-refractivity contribution in [1.82, 2.24) is 10.6 Å². The number of likely N-dealkylation sites (N-methyl/N-ethyl adjacent to an activating group) is 1. The second kappa shape index (κ2) is 7.15. The Bertz CT molecular complexity index is 485. The molecule has 0 radical (unpaired) electrons. The van der Waals surface area contributed by atoms with Gasteiger partial charge in [-0.2, -0.15) is 0 Å². The lowest BCUT2D eigenvalue weighted by Crippen LogP contribution is -2.37. The predicted molar refractivity (Wildman–Crippen MR) is 68.8 cm³/mol. The molecule has 0 aliphatic rings. The first-order chi connectivity index (χ1) is 9.04. The van der Waals surface area contributed by atoms with Crippen LogP contribution in [0.15, 0.2) is 24.3 Å². The molecule has 0 unspecified atom stereocenters. The summed E-state index contributed by atoms with van der Waals surface area (Å²) in [6, 6.07) is 6.42. The number of carbonyl (C=O) groups is 3. The molecular weight excluding hydrogens is 248 g/mol. The lowest BCUT2D eigenvalue weighted by atomic mass is 10.0. The molecule has 0 spiro atoms. The SMILES string of the molecule is CCNC(=O)CNC(=O)c1ccccc1CC(=O)O. The number of hydrogen-bond donors (Lipinski definition) is 3. The lowest BCUT2D eigenvalue weighted by Gasteiger charge is -2.08. The molecule has 102 valence electrons. The Balaban J connectivity index is 2.71. The smallest absolute Gasteiger partial charge is 0.307 e. The van der Waals surface area contributed by atoms with E-state index in [-0.39, 0.29) is 24.4 Å². The zero-order valence-electron chi connectivity index (χ0n) is 10.6. The minimum Gasteiger partial charge on any atom is -0.481 e. The largest absolute Gasteiger partial charge is 0.481 e. The summed E-state index contributed by atoms with van der Waals surface area (Å²) >= 11 is 0. The summed E-state index contributed by atoms with van der Waals surface area (Å²) in [6.07, 6.45) is -0.231. The van der Waals surface area contributed by atoms with Crippen molar-refractivity contribution in [1.29, 1.82) is 0 Å². The second-order valence-corrected chi connectivity index (χ2v) is 3.86. The van der Waals surface area contributed by atoms with Gasteiger partial charge in [0, 0.05) is 12.1 Å². The molecule has 6 heteroatoms. The molecule has 1 rings (SSSR count). The number of carboxylic acids is 1. The average molecular weight is 264 g/mol. The number of aliphatic carboxylic acids is 1. The number of nitrogens with one attached hydrogen (secondary N) is 2. The number of carboxylic acid groups (broad SMARTS) is 1. The third-order valence-electron chi connectivity index (χ3n) is 2.39. The summed E-state index contributed by atoms with van der Waals surface area (Å²) in [5, 5.41) is 13.8. The summed E-state index contributed by atoms with van der Waals surface area (Å²) in [4.78, 5) is 33.8. The number of benzene rings is 1. The van der Waals surface area contributed by atoms with Gasteiger partial charge in [-0.15, -0.1) is 0 Å². The number of hydrogen-bond acceptors (Lipinski definition) is 3. The molecule has 3 N–H and O–H groups in total. The minimum absolute atomic E-state index is 0.131. The van der Waals surface area contributed by atoms with Gasteiger partial charge in [0.05, 0.1) is 13.0 Å². The van der Waals surface area contributed by atoms with Crippen LogP contribution >= 0.6 is 0 Å². The zero-order chi connectivity index (χ0) is 14.3. The van der Waals surface area contributed by atoms with Gasteiger partial charge >= 0.3 is 5.97 Å². The number of amides is 2. The van der Waals surface area contributed by atoms with E-state index in [2.05, 4.69) is 10.6 Å². The third-order valence-corrected chi connectivity index (χ3v) is 2.39. The topological polar surface area (TPSA) is 95.5 Å². The van der Waals surface area contributed by atoms with Crippen molar-refractivity contribution in [3.63, 3.8) is 0 Å². The monoisotopic (exact) mass is 264 g/mol. The molecule has 0 fully saturated rings. The molecule has 19 heavy (non-hydrogen) atoms. The van der Waals surface area contributed by atoms with E-state index in [0.717, 1.165) is 0 Å². The van der Waals surface area contributed by atoms with Crippen LogP contribution in [-0.4, -0.2) is 36.0 Å². The van der Waals surface area contributed by atoms with Gasteiger partial charge < -0.3 is 15.7 Å². The Morgan fingerprint density at radius 2 is 1.84 bits per heavy atom. The molecule has 0 saturated heterocycles. The van der Waals surface area contributed by atoms with Crippen LogP contribution in [0.3, 0.4) is 0 Å². The highest BCUT2D eigenvalue weighted by Gasteiger charge is 2.13. The van der Waals surface area contributed by atoms with Crippen LogP contribution in [0, 0.1) is 0 Å². The van der Waals surface area contributed by atoms with Crippen molar-refractivity contribution in [2.24, 2.45) is 0 Å². The summed E-state index contributed by atoms with van der Waals surface area (Å²) in [7, 11) is 0. The van der Waals surface area contributed by atoms with Crippen LogP contribution in [0.4, 0.5) is 0 Å². The molecule has 0 bridgehead atoms. The maximum absolute atomic E-state index is 11.9. The molecule has 6 nitrogen and oxygen atoms in total. The summed E-state index contributed by atoms with van der Waals surface area (Å²) < 4.78 is 0. The molecule has 2 amide bonds. The predicted octanol–water partition coefficient (Wildman–Crippen LogP) is 0.180. The zero-order valence-corrected chi connectivity index (χ0v) is 10.6. The van der Waals surface area contributed by atoms with Crippen LogP contribution in [-0.2, 0) is 16.0 Å². The molecule has 0 heterocycles. The second-order valence-electron chi connectivity index (χ2n) is 3.86. The Morgan fingerprint density at radius 3 is 2.47 bits per heavy atom. The van der Waals surface area contributed by atoms with E-state index in [4.69, 9.17) is 5.11 Å². The van der Waals surface area contributed by atoms with Gasteiger partial charge in [-0.25, -0.2) is 0 Å². The van der Waals surface area contributed by atoms with Gasteiger partial charge in [-0.3, -0.25) is 14.4 Å². The Kier molecular flexibility index (Phi) is 5.53. The molecule has 1 aromatic carbocycles. The van der Waals surface area contributed by atoms with E-state index in [1.54, 1.807) is 25.1 Å². The molecule has 0 atom stereocenters. The fraction of sp³-hybridized carbons (Fsp3) is 0.308. The maximum atomic E-state index is 11.9. The van der Waals surface area contributed by atoms with Crippen molar-refractivity contribution in [3.05, 3.63) is 35.4 Å². The van der Waals surface area contributed by atoms with Gasteiger partial charge in [-0.1, -0.05) is 18.2 Å². The van der Waals surface area contributed by atoms with Gasteiger partial charge in [0.1, 0.15) is 0 Å². The van der Waals surface area contributed by atoms with Crippen LogP contribution in [0.1, 0.15) is 22.8 Å². The summed E-state index contributed by atoms with van der Waals surface area (Å²) in [5.41, 5.74) is 0.692.